The standard InChI is InChI=1S/C16H20N2O3/c1-3-4-5-9-16(20)17-10-11-21-15-8-6-7-14(12-15)18-13(2)19/h3-9,12H,10-11H2,1-2H3,(H,17,20)(H,18,19). The van der Waals surface area contributed by atoms with E-state index in [1.807, 2.05) is 13.0 Å². The number of allylic oxidation sites excluding steroid dienone is 3. The van der Waals surface area contributed by atoms with Crippen molar-refractivity contribution in [2.75, 3.05) is 18.5 Å². The molecule has 21 heavy (non-hydrogen) atoms. The highest BCUT2D eigenvalue weighted by molar-refractivity contribution is 5.88. The zero-order chi connectivity index (χ0) is 15.5. The van der Waals surface area contributed by atoms with Crippen LogP contribution in [0.3, 0.4) is 0 Å². The molecule has 112 valence electrons. The van der Waals surface area contributed by atoms with Crippen LogP contribution in [-0.4, -0.2) is 25.0 Å². The lowest BCUT2D eigenvalue weighted by Gasteiger charge is -2.08. The number of carbonyl (C=O) groups excluding carboxylic acids is 2. The molecule has 0 aliphatic rings. The molecule has 0 spiro atoms. The zero-order valence-electron chi connectivity index (χ0n) is 12.3. The van der Waals surface area contributed by atoms with E-state index in [0.29, 0.717) is 24.6 Å². The number of ether oxygens (including phenoxy) is 1. The van der Waals surface area contributed by atoms with Crippen molar-refractivity contribution in [1.82, 2.24) is 5.32 Å². The van der Waals surface area contributed by atoms with Crippen molar-refractivity contribution in [2.45, 2.75) is 13.8 Å². The highest BCUT2D eigenvalue weighted by atomic mass is 16.5. The average Bonchev–Trinajstić information content (AvgIpc) is 2.44. The van der Waals surface area contributed by atoms with E-state index >= 15 is 0 Å². The van der Waals surface area contributed by atoms with Gasteiger partial charge >= 0.3 is 0 Å². The zero-order valence-corrected chi connectivity index (χ0v) is 12.3. The van der Waals surface area contributed by atoms with Crippen LogP contribution in [0.5, 0.6) is 5.75 Å². The fourth-order valence-corrected chi connectivity index (χ4v) is 1.52. The van der Waals surface area contributed by atoms with Crippen molar-refractivity contribution < 1.29 is 14.3 Å². The predicted molar refractivity (Wildman–Crippen MR) is 83.2 cm³/mol. The molecule has 0 saturated heterocycles. The van der Waals surface area contributed by atoms with Crippen LogP contribution in [0.4, 0.5) is 5.69 Å². The molecule has 0 fully saturated rings. The molecule has 1 aromatic carbocycles. The van der Waals surface area contributed by atoms with Crippen molar-refractivity contribution in [3.05, 3.63) is 48.6 Å². The van der Waals surface area contributed by atoms with E-state index in [4.69, 9.17) is 4.74 Å². The van der Waals surface area contributed by atoms with Crippen LogP contribution in [0.25, 0.3) is 0 Å². The first-order valence-electron chi connectivity index (χ1n) is 6.69. The van der Waals surface area contributed by atoms with Gasteiger partial charge in [-0.25, -0.2) is 0 Å². The van der Waals surface area contributed by atoms with Crippen LogP contribution in [0.2, 0.25) is 0 Å². The lowest BCUT2D eigenvalue weighted by molar-refractivity contribution is -0.116. The first kappa shape index (κ1) is 16.5. The molecule has 0 radical (unpaired) electrons. The number of hydrogen-bond donors (Lipinski definition) is 2. The number of nitrogens with one attached hydrogen (secondary N) is 2. The topological polar surface area (TPSA) is 67.4 Å². The second-order valence-electron chi connectivity index (χ2n) is 4.23. The summed E-state index contributed by atoms with van der Waals surface area (Å²) in [6.07, 6.45) is 6.75. The van der Waals surface area contributed by atoms with Crippen molar-refractivity contribution in [3.8, 4) is 5.75 Å². The third kappa shape index (κ3) is 7.57. The Morgan fingerprint density at radius 2 is 2.10 bits per heavy atom. The summed E-state index contributed by atoms with van der Waals surface area (Å²) < 4.78 is 5.50. The van der Waals surface area contributed by atoms with Crippen molar-refractivity contribution >= 4 is 17.5 Å². The molecule has 0 unspecified atom stereocenters. The van der Waals surface area contributed by atoms with Gasteiger partial charge in [-0.15, -0.1) is 0 Å². The van der Waals surface area contributed by atoms with Gasteiger partial charge in [-0.3, -0.25) is 9.59 Å². The fraction of sp³-hybridized carbons (Fsp3) is 0.250. The normalized spacial score (nSPS) is 10.8. The van der Waals surface area contributed by atoms with Crippen molar-refractivity contribution in [1.29, 1.82) is 0 Å². The Morgan fingerprint density at radius 3 is 2.81 bits per heavy atom. The van der Waals surface area contributed by atoms with Gasteiger partial charge in [0.05, 0.1) is 6.54 Å². The Bertz CT molecular complexity index is 536. The molecule has 0 aromatic heterocycles. The molecule has 0 aliphatic carbocycles. The molecule has 0 aliphatic heterocycles. The van der Waals surface area contributed by atoms with E-state index < -0.39 is 0 Å². The summed E-state index contributed by atoms with van der Waals surface area (Å²) in [5.41, 5.74) is 0.679. The number of carbonyl (C=O) groups is 2. The molecule has 2 amide bonds. The summed E-state index contributed by atoms with van der Waals surface area (Å²) in [5.74, 6) is 0.344. The minimum Gasteiger partial charge on any atom is -0.492 e. The van der Waals surface area contributed by atoms with Crippen molar-refractivity contribution in [3.63, 3.8) is 0 Å². The Morgan fingerprint density at radius 1 is 1.29 bits per heavy atom. The van der Waals surface area contributed by atoms with Crippen LogP contribution in [0.15, 0.2) is 48.6 Å². The monoisotopic (exact) mass is 288 g/mol. The summed E-state index contributed by atoms with van der Waals surface area (Å²) in [4.78, 5) is 22.3. The minimum absolute atomic E-state index is 0.132. The van der Waals surface area contributed by atoms with Gasteiger partial charge in [0, 0.05) is 24.8 Å². The number of rotatable bonds is 7. The lowest BCUT2D eigenvalue weighted by atomic mass is 10.3. The molecule has 0 bridgehead atoms. The maximum absolute atomic E-state index is 11.4. The SMILES string of the molecule is CC=CC=CC(=O)NCCOc1cccc(NC(C)=O)c1. The molecule has 0 saturated carbocycles. The molecular formula is C16H20N2O3. The number of anilines is 1. The molecule has 5 heteroatoms. The highest BCUT2D eigenvalue weighted by Gasteiger charge is 1.99. The first-order valence-corrected chi connectivity index (χ1v) is 6.69. The first-order chi connectivity index (χ1) is 10.1. The van der Waals surface area contributed by atoms with Crippen LogP contribution in [0.1, 0.15) is 13.8 Å². The molecule has 0 heterocycles. The van der Waals surface area contributed by atoms with Crippen molar-refractivity contribution in [2.24, 2.45) is 0 Å². The summed E-state index contributed by atoms with van der Waals surface area (Å²) >= 11 is 0. The number of amides is 2. The van der Waals surface area contributed by atoms with E-state index in [9.17, 15) is 9.59 Å². The minimum atomic E-state index is -0.163. The third-order valence-electron chi connectivity index (χ3n) is 2.38. The van der Waals surface area contributed by atoms with E-state index in [-0.39, 0.29) is 11.8 Å². The van der Waals surface area contributed by atoms with Gasteiger partial charge in [0.1, 0.15) is 12.4 Å². The van der Waals surface area contributed by atoms with Gasteiger partial charge in [-0.1, -0.05) is 24.3 Å². The van der Waals surface area contributed by atoms with Crippen LogP contribution >= 0.6 is 0 Å². The summed E-state index contributed by atoms with van der Waals surface area (Å²) in [6.45, 7) is 4.09. The largest absolute Gasteiger partial charge is 0.492 e. The summed E-state index contributed by atoms with van der Waals surface area (Å²) in [5, 5.41) is 5.38. The molecule has 1 rings (SSSR count). The summed E-state index contributed by atoms with van der Waals surface area (Å²) in [7, 11) is 0. The number of benzene rings is 1. The highest BCUT2D eigenvalue weighted by Crippen LogP contribution is 2.16. The fourth-order valence-electron chi connectivity index (χ4n) is 1.52. The van der Waals surface area contributed by atoms with Gasteiger partial charge in [-0.05, 0) is 19.1 Å². The molecule has 5 nitrogen and oxygen atoms in total. The van der Waals surface area contributed by atoms with E-state index in [1.54, 1.807) is 36.4 Å². The van der Waals surface area contributed by atoms with Gasteiger partial charge in [-0.2, -0.15) is 0 Å². The third-order valence-corrected chi connectivity index (χ3v) is 2.38. The second-order valence-corrected chi connectivity index (χ2v) is 4.23. The van der Waals surface area contributed by atoms with Gasteiger partial charge in [0.15, 0.2) is 0 Å². The maximum Gasteiger partial charge on any atom is 0.244 e. The quantitative estimate of drug-likeness (QED) is 0.459. The van der Waals surface area contributed by atoms with E-state index in [1.165, 1.54) is 13.0 Å². The maximum atomic E-state index is 11.4. The average molecular weight is 288 g/mol. The van der Waals surface area contributed by atoms with Crippen LogP contribution in [0, 0.1) is 0 Å². The smallest absolute Gasteiger partial charge is 0.244 e. The predicted octanol–water partition coefficient (Wildman–Crippen LogP) is 2.27. The molecule has 0 atom stereocenters. The molecular weight excluding hydrogens is 268 g/mol. The Labute approximate surface area is 124 Å². The number of hydrogen-bond acceptors (Lipinski definition) is 3. The Hall–Kier alpha value is -2.56. The summed E-state index contributed by atoms with van der Waals surface area (Å²) in [6, 6.07) is 7.09. The van der Waals surface area contributed by atoms with E-state index in [0.717, 1.165) is 0 Å². The van der Waals surface area contributed by atoms with Gasteiger partial charge < -0.3 is 15.4 Å². The van der Waals surface area contributed by atoms with Crippen LogP contribution < -0.4 is 15.4 Å². The van der Waals surface area contributed by atoms with Crippen LogP contribution in [-0.2, 0) is 9.59 Å². The van der Waals surface area contributed by atoms with E-state index in [2.05, 4.69) is 10.6 Å². The molecule has 1 aromatic rings. The van der Waals surface area contributed by atoms with Gasteiger partial charge in [0.25, 0.3) is 0 Å². The molecule has 2 N–H and O–H groups in total. The Kier molecular flexibility index (Phi) is 7.35. The lowest BCUT2D eigenvalue weighted by Crippen LogP contribution is -2.26. The Balaban J connectivity index is 2.32. The second kappa shape index (κ2) is 9.36. The van der Waals surface area contributed by atoms with Gasteiger partial charge in [0.2, 0.25) is 11.8 Å².